The third-order valence-corrected chi connectivity index (χ3v) is 10.4. The van der Waals surface area contributed by atoms with Crippen molar-refractivity contribution in [3.8, 4) is 12.3 Å². The van der Waals surface area contributed by atoms with Gasteiger partial charge in [-0.2, -0.15) is 9.19 Å². The number of nitrogens with zero attached hydrogens (tertiary/aromatic N) is 2. The van der Waals surface area contributed by atoms with E-state index in [-0.39, 0.29) is 10.8 Å². The van der Waals surface area contributed by atoms with Crippen LogP contribution in [0.2, 0.25) is 0 Å². The fraction of sp³-hybridized carbons (Fsp3) is 0.708. The summed E-state index contributed by atoms with van der Waals surface area (Å²) in [5.41, 5.74) is 3.37. The molecule has 0 spiro atoms. The lowest BCUT2D eigenvalue weighted by Crippen LogP contribution is -2.54. The van der Waals surface area contributed by atoms with Gasteiger partial charge >= 0.3 is 0 Å². The highest BCUT2D eigenvalue weighted by molar-refractivity contribution is 7.89. The minimum atomic E-state index is -3.40. The van der Waals surface area contributed by atoms with Crippen LogP contribution in [-0.4, -0.2) is 34.6 Å². The van der Waals surface area contributed by atoms with Gasteiger partial charge in [0.2, 0.25) is 0 Å². The van der Waals surface area contributed by atoms with Crippen molar-refractivity contribution in [2.75, 3.05) is 6.26 Å². The molecule has 0 aromatic carbocycles. The molecular weight excluding hydrogens is 396 g/mol. The number of aromatic nitrogens is 2. The van der Waals surface area contributed by atoms with Crippen molar-refractivity contribution < 1.29 is 13.5 Å². The Morgan fingerprint density at radius 3 is 2.60 bits per heavy atom. The van der Waals surface area contributed by atoms with Crippen LogP contribution >= 0.6 is 0 Å². The molecule has 3 unspecified atom stereocenters. The predicted molar refractivity (Wildman–Crippen MR) is 117 cm³/mol. The first-order valence-corrected chi connectivity index (χ1v) is 13.0. The highest BCUT2D eigenvalue weighted by Crippen LogP contribution is 2.67. The van der Waals surface area contributed by atoms with Gasteiger partial charge in [-0.15, -0.1) is 6.42 Å². The average Bonchev–Trinajstić information content (AvgIpc) is 3.21. The normalized spacial score (nSPS) is 42.7. The summed E-state index contributed by atoms with van der Waals surface area (Å²) in [6.07, 6.45) is 15.4. The first kappa shape index (κ1) is 20.3. The van der Waals surface area contributed by atoms with Crippen LogP contribution in [0.1, 0.15) is 70.6 Å². The zero-order valence-electron chi connectivity index (χ0n) is 18.4. The van der Waals surface area contributed by atoms with Crippen molar-refractivity contribution in [3.05, 3.63) is 23.0 Å². The van der Waals surface area contributed by atoms with E-state index in [1.807, 2.05) is 0 Å². The van der Waals surface area contributed by atoms with E-state index in [4.69, 9.17) is 6.42 Å². The minimum Gasteiger partial charge on any atom is -0.377 e. The van der Waals surface area contributed by atoms with Crippen LogP contribution in [0.25, 0.3) is 5.57 Å². The Balaban J connectivity index is 1.56. The first-order valence-electron chi connectivity index (χ1n) is 11.1. The van der Waals surface area contributed by atoms with Crippen LogP contribution in [0.4, 0.5) is 0 Å². The predicted octanol–water partition coefficient (Wildman–Crippen LogP) is 3.63. The Labute approximate surface area is 180 Å². The van der Waals surface area contributed by atoms with Gasteiger partial charge < -0.3 is 5.11 Å². The van der Waals surface area contributed by atoms with Crippen LogP contribution in [0, 0.1) is 40.9 Å². The minimum absolute atomic E-state index is 0.0174. The smallest absolute Gasteiger partial charge is 0.250 e. The fourth-order valence-electron chi connectivity index (χ4n) is 7.95. The van der Waals surface area contributed by atoms with E-state index >= 15 is 0 Å². The molecule has 0 saturated heterocycles. The fourth-order valence-corrected chi connectivity index (χ4v) is 8.50. The molecule has 6 atom stereocenters. The largest absolute Gasteiger partial charge is 0.377 e. The second-order valence-electron chi connectivity index (χ2n) is 10.8. The molecular formula is C24H32N2O3S. The van der Waals surface area contributed by atoms with Gasteiger partial charge in [0.1, 0.15) is 5.60 Å². The average molecular weight is 429 g/mol. The molecule has 5 nitrogen and oxygen atoms in total. The van der Waals surface area contributed by atoms with Gasteiger partial charge in [-0.3, -0.25) is 0 Å². The van der Waals surface area contributed by atoms with Crippen molar-refractivity contribution in [1.82, 2.24) is 9.19 Å². The van der Waals surface area contributed by atoms with Crippen molar-refractivity contribution in [3.63, 3.8) is 0 Å². The van der Waals surface area contributed by atoms with E-state index in [0.717, 1.165) is 53.9 Å². The Morgan fingerprint density at radius 2 is 1.93 bits per heavy atom. The molecule has 1 aromatic rings. The summed E-state index contributed by atoms with van der Waals surface area (Å²) in [6, 6.07) is 0. The van der Waals surface area contributed by atoms with Gasteiger partial charge in [-0.1, -0.05) is 25.3 Å². The Kier molecular flexibility index (Phi) is 4.07. The molecule has 4 aliphatic rings. The molecule has 0 amide bonds. The van der Waals surface area contributed by atoms with Crippen LogP contribution < -0.4 is 0 Å². The van der Waals surface area contributed by atoms with Crippen molar-refractivity contribution in [1.29, 1.82) is 0 Å². The van der Waals surface area contributed by atoms with Gasteiger partial charge in [0.25, 0.3) is 10.0 Å². The molecule has 30 heavy (non-hydrogen) atoms. The lowest BCUT2D eigenvalue weighted by atomic mass is 9.46. The molecule has 6 heteroatoms. The highest BCUT2D eigenvalue weighted by atomic mass is 32.2. The summed E-state index contributed by atoms with van der Waals surface area (Å²) in [5.74, 6) is 4.30. The molecule has 1 heterocycles. The number of hydrogen-bond acceptors (Lipinski definition) is 4. The maximum atomic E-state index is 12.1. The summed E-state index contributed by atoms with van der Waals surface area (Å²) in [7, 11) is -3.40. The Morgan fingerprint density at radius 1 is 1.23 bits per heavy atom. The molecule has 4 aliphatic carbocycles. The van der Waals surface area contributed by atoms with E-state index in [1.54, 1.807) is 6.20 Å². The van der Waals surface area contributed by atoms with Crippen molar-refractivity contribution in [2.45, 2.75) is 71.3 Å². The third kappa shape index (κ3) is 2.40. The summed E-state index contributed by atoms with van der Waals surface area (Å²) >= 11 is 0. The van der Waals surface area contributed by atoms with E-state index in [1.165, 1.54) is 17.4 Å². The lowest BCUT2D eigenvalue weighted by Gasteiger charge is -2.59. The van der Waals surface area contributed by atoms with Crippen LogP contribution in [0.3, 0.4) is 0 Å². The Hall–Kier alpha value is -1.58. The molecule has 1 N–H and O–H groups in total. The molecule has 0 bridgehead atoms. The third-order valence-electron chi connectivity index (χ3n) is 9.54. The van der Waals surface area contributed by atoms with Gasteiger partial charge in [0.05, 0.1) is 11.9 Å². The van der Waals surface area contributed by atoms with E-state index in [2.05, 4.69) is 31.8 Å². The van der Waals surface area contributed by atoms with Crippen molar-refractivity contribution >= 4 is 15.6 Å². The standard InChI is InChI=1S/C24H32N2O3S/c1-6-24(27)12-10-20-17-7-8-18-15(2)21-16(14-26(25-21)30(5,28)29)13-22(18,3)19(17)9-11-23(20,24)4/h1,14,17,19-20,27H,7-13H2,2-5H3/t17?,19?,20?,22-,23-,24-/m0/s1. The maximum absolute atomic E-state index is 12.1. The summed E-state index contributed by atoms with van der Waals surface area (Å²) in [6.45, 7) is 6.72. The molecule has 3 fully saturated rings. The van der Waals surface area contributed by atoms with E-state index in [9.17, 15) is 13.5 Å². The summed E-state index contributed by atoms with van der Waals surface area (Å²) in [4.78, 5) is 0. The Bertz CT molecular complexity index is 1110. The number of hydrogen-bond donors (Lipinski definition) is 1. The maximum Gasteiger partial charge on any atom is 0.250 e. The molecule has 0 aliphatic heterocycles. The molecule has 1 aromatic heterocycles. The topological polar surface area (TPSA) is 72.2 Å². The second-order valence-corrected chi connectivity index (χ2v) is 12.6. The molecule has 162 valence electrons. The van der Waals surface area contributed by atoms with Gasteiger partial charge in [-0.05, 0) is 86.2 Å². The second kappa shape index (κ2) is 6.01. The van der Waals surface area contributed by atoms with Crippen LogP contribution in [0.5, 0.6) is 0 Å². The van der Waals surface area contributed by atoms with Crippen LogP contribution in [-0.2, 0) is 16.4 Å². The van der Waals surface area contributed by atoms with Crippen molar-refractivity contribution in [2.24, 2.45) is 28.6 Å². The van der Waals surface area contributed by atoms with E-state index in [0.29, 0.717) is 24.2 Å². The number of fused-ring (bicyclic) bond motifs is 6. The van der Waals surface area contributed by atoms with Crippen LogP contribution in [0.15, 0.2) is 11.8 Å². The highest BCUT2D eigenvalue weighted by Gasteiger charge is 2.63. The number of rotatable bonds is 1. The molecule has 0 radical (unpaired) electrons. The van der Waals surface area contributed by atoms with Gasteiger partial charge in [0, 0.05) is 11.6 Å². The van der Waals surface area contributed by atoms with Gasteiger partial charge in [-0.25, -0.2) is 8.42 Å². The quantitative estimate of drug-likeness (QED) is 0.694. The summed E-state index contributed by atoms with van der Waals surface area (Å²) in [5, 5.41) is 15.6. The SMILES string of the molecule is C#C[C@]1(O)CCC2C3CCC4=C(C)c5nn(S(C)(=O)=O)cc5C[C@]4(C)C3CC[C@@]21C. The zero-order valence-corrected chi connectivity index (χ0v) is 19.2. The first-order chi connectivity index (χ1) is 13.9. The monoisotopic (exact) mass is 428 g/mol. The number of terminal acetylenes is 1. The summed E-state index contributed by atoms with van der Waals surface area (Å²) < 4.78 is 25.3. The van der Waals surface area contributed by atoms with Gasteiger partial charge in [0.15, 0.2) is 0 Å². The molecule has 5 rings (SSSR count). The number of allylic oxidation sites excluding steroid dienone is 2. The van der Waals surface area contributed by atoms with E-state index < -0.39 is 15.6 Å². The zero-order chi connectivity index (χ0) is 21.7. The lowest BCUT2D eigenvalue weighted by molar-refractivity contribution is -0.0976. The molecule has 3 saturated carbocycles. The number of aliphatic hydroxyl groups is 1.